The van der Waals surface area contributed by atoms with Crippen molar-refractivity contribution in [3.8, 4) is 11.1 Å². The molecule has 2 nitrogen and oxygen atoms in total. The van der Waals surface area contributed by atoms with Crippen LogP contribution in [0.15, 0.2) is 195 Å². The van der Waals surface area contributed by atoms with Crippen LogP contribution in [0.1, 0.15) is 44.7 Å². The second-order valence-corrected chi connectivity index (χ2v) is 15.4. The molecule has 0 atom stereocenters. The molecule has 0 radical (unpaired) electrons. The van der Waals surface area contributed by atoms with E-state index < -0.39 is 0 Å². The van der Waals surface area contributed by atoms with Gasteiger partial charge in [-0.1, -0.05) is 148 Å². The normalized spacial score (nSPS) is 11.5. The summed E-state index contributed by atoms with van der Waals surface area (Å²) < 4.78 is 0. The zero-order valence-corrected chi connectivity index (χ0v) is 32.1. The fourth-order valence-corrected chi connectivity index (χ4v) is 7.68. The van der Waals surface area contributed by atoms with Gasteiger partial charge in [-0.05, 0) is 118 Å². The first-order valence-corrected chi connectivity index (χ1v) is 19.4. The predicted molar refractivity (Wildman–Crippen MR) is 238 cm³/mol. The molecule has 0 spiro atoms. The molecule has 0 amide bonds. The van der Waals surface area contributed by atoms with Gasteiger partial charge in [0.05, 0.1) is 11.4 Å². The summed E-state index contributed by atoms with van der Waals surface area (Å²) in [6.07, 6.45) is 5.19. The number of rotatable bonds is 11. The number of benzene rings is 8. The molecule has 0 unspecified atom stereocenters. The molecule has 0 saturated heterocycles. The third-order valence-electron chi connectivity index (χ3n) is 10.6. The summed E-state index contributed by atoms with van der Waals surface area (Å²) in [5.41, 5.74) is 11.9. The van der Waals surface area contributed by atoms with E-state index >= 15 is 0 Å². The first-order valence-electron chi connectivity index (χ1n) is 19.4. The van der Waals surface area contributed by atoms with E-state index in [4.69, 9.17) is 0 Å². The van der Waals surface area contributed by atoms with Gasteiger partial charge >= 0.3 is 0 Å². The first-order chi connectivity index (χ1) is 26.9. The van der Waals surface area contributed by atoms with Crippen LogP contribution in [-0.4, -0.2) is 0 Å². The molecule has 0 aliphatic heterocycles. The van der Waals surface area contributed by atoms with E-state index in [0.717, 1.165) is 64.5 Å². The lowest BCUT2D eigenvalue weighted by molar-refractivity contribution is 0.590. The maximum atomic E-state index is 3.90. The molecule has 8 aromatic rings. The number of fused-ring (bicyclic) bond motifs is 2. The number of hydrogen-bond acceptors (Lipinski definition) is 2. The van der Waals surface area contributed by atoms with Crippen LogP contribution in [0.5, 0.6) is 0 Å². The molecule has 8 aromatic carbocycles. The highest BCUT2D eigenvalue weighted by atomic mass is 15.1. The van der Waals surface area contributed by atoms with Gasteiger partial charge in [0.1, 0.15) is 0 Å². The SMILES string of the molecule is C=CCCCc1ccc(N(c2cccc(-c3cccc(N(c4ccc(C(C)(C)C)cc4)c4cccc5ccccc45)c3)c2)c2cccc3ccccc23)cc1. The van der Waals surface area contributed by atoms with E-state index in [1.165, 1.54) is 32.7 Å². The van der Waals surface area contributed by atoms with Crippen LogP contribution in [0, 0.1) is 0 Å². The van der Waals surface area contributed by atoms with E-state index in [1.54, 1.807) is 0 Å². The molecule has 0 bridgehead atoms. The largest absolute Gasteiger partial charge is 0.310 e. The number of anilines is 6. The Kier molecular flexibility index (Phi) is 10.1. The van der Waals surface area contributed by atoms with Gasteiger partial charge in [0.2, 0.25) is 0 Å². The van der Waals surface area contributed by atoms with Gasteiger partial charge in [0, 0.05) is 33.5 Å². The van der Waals surface area contributed by atoms with Crippen LogP contribution in [-0.2, 0) is 11.8 Å². The minimum absolute atomic E-state index is 0.0705. The van der Waals surface area contributed by atoms with Crippen molar-refractivity contribution in [3.63, 3.8) is 0 Å². The fourth-order valence-electron chi connectivity index (χ4n) is 7.68. The number of hydrogen-bond donors (Lipinski definition) is 0. The smallest absolute Gasteiger partial charge is 0.0540 e. The topological polar surface area (TPSA) is 6.48 Å². The summed E-state index contributed by atoms with van der Waals surface area (Å²) in [7, 11) is 0. The van der Waals surface area contributed by atoms with Crippen molar-refractivity contribution in [3.05, 3.63) is 206 Å². The summed E-state index contributed by atoms with van der Waals surface area (Å²) in [4.78, 5) is 4.81. The Morgan fingerprint density at radius 2 is 0.927 bits per heavy atom. The minimum Gasteiger partial charge on any atom is -0.310 e. The van der Waals surface area contributed by atoms with Gasteiger partial charge in [-0.15, -0.1) is 6.58 Å². The molecular formula is C53H48N2. The highest BCUT2D eigenvalue weighted by Gasteiger charge is 2.20. The van der Waals surface area contributed by atoms with Gasteiger partial charge < -0.3 is 9.80 Å². The minimum atomic E-state index is 0.0705. The van der Waals surface area contributed by atoms with E-state index in [-0.39, 0.29) is 5.41 Å². The van der Waals surface area contributed by atoms with Gasteiger partial charge in [-0.3, -0.25) is 0 Å². The molecule has 0 aromatic heterocycles. The summed E-state index contributed by atoms with van der Waals surface area (Å²) in [6, 6.07) is 66.7. The molecule has 55 heavy (non-hydrogen) atoms. The molecule has 270 valence electrons. The third kappa shape index (κ3) is 7.54. The fraction of sp³-hybridized carbons (Fsp3) is 0.132. The van der Waals surface area contributed by atoms with Gasteiger partial charge in [0.15, 0.2) is 0 Å². The summed E-state index contributed by atoms with van der Waals surface area (Å²) in [5, 5.41) is 4.88. The molecular weight excluding hydrogens is 665 g/mol. The number of nitrogens with zero attached hydrogens (tertiary/aromatic N) is 2. The summed E-state index contributed by atoms with van der Waals surface area (Å²) >= 11 is 0. The van der Waals surface area contributed by atoms with E-state index in [2.05, 4.69) is 219 Å². The maximum Gasteiger partial charge on any atom is 0.0540 e. The summed E-state index contributed by atoms with van der Waals surface area (Å²) in [5.74, 6) is 0. The second-order valence-electron chi connectivity index (χ2n) is 15.4. The molecule has 0 heterocycles. The Hall–Kier alpha value is -6.38. The van der Waals surface area contributed by atoms with Crippen molar-refractivity contribution >= 4 is 55.7 Å². The predicted octanol–water partition coefficient (Wildman–Crippen LogP) is 15.4. The van der Waals surface area contributed by atoms with Gasteiger partial charge in [-0.25, -0.2) is 0 Å². The first kappa shape index (κ1) is 35.6. The van der Waals surface area contributed by atoms with Crippen molar-refractivity contribution in [2.45, 2.75) is 45.4 Å². The van der Waals surface area contributed by atoms with Crippen LogP contribution in [0.3, 0.4) is 0 Å². The van der Waals surface area contributed by atoms with Gasteiger partial charge in [0.25, 0.3) is 0 Å². The lowest BCUT2D eigenvalue weighted by Gasteiger charge is -2.29. The molecule has 2 heteroatoms. The summed E-state index contributed by atoms with van der Waals surface area (Å²) in [6.45, 7) is 10.7. The van der Waals surface area contributed by atoms with E-state index in [0.29, 0.717) is 0 Å². The molecule has 0 saturated carbocycles. The van der Waals surface area contributed by atoms with E-state index in [1.807, 2.05) is 6.08 Å². The Labute approximate surface area is 326 Å². The van der Waals surface area contributed by atoms with Crippen molar-refractivity contribution in [2.75, 3.05) is 9.80 Å². The average Bonchev–Trinajstić information content (AvgIpc) is 3.22. The number of aryl methyl sites for hydroxylation is 1. The maximum absolute atomic E-state index is 3.90. The van der Waals surface area contributed by atoms with Crippen LogP contribution < -0.4 is 9.80 Å². The molecule has 0 aliphatic rings. The zero-order chi connectivity index (χ0) is 37.8. The van der Waals surface area contributed by atoms with Crippen LogP contribution >= 0.6 is 0 Å². The van der Waals surface area contributed by atoms with Crippen molar-refractivity contribution in [2.24, 2.45) is 0 Å². The van der Waals surface area contributed by atoms with Crippen molar-refractivity contribution in [1.29, 1.82) is 0 Å². The number of allylic oxidation sites excluding steroid dienone is 1. The molecule has 0 N–H and O–H groups in total. The Bertz CT molecular complexity index is 2560. The third-order valence-corrected chi connectivity index (χ3v) is 10.6. The van der Waals surface area contributed by atoms with Crippen molar-refractivity contribution < 1.29 is 0 Å². The highest BCUT2D eigenvalue weighted by molar-refractivity contribution is 6.00. The zero-order valence-electron chi connectivity index (χ0n) is 32.1. The Balaban J connectivity index is 1.23. The van der Waals surface area contributed by atoms with Crippen LogP contribution in [0.4, 0.5) is 34.1 Å². The molecule has 8 rings (SSSR count). The standard InChI is InChI=1S/C53H48N2/c1-5-6-7-16-39-29-33-45(34-30-39)54(51-27-14-19-40-17-8-10-25-49(40)51)47-23-12-21-42(37-47)43-22-13-24-48(38-43)55(46-35-31-44(32-36-46)53(2,3)4)52-28-15-20-41-18-9-11-26-50(41)52/h5,8-15,17-38H,1,6-7,16H2,2-4H3. The van der Waals surface area contributed by atoms with Crippen LogP contribution in [0.2, 0.25) is 0 Å². The van der Waals surface area contributed by atoms with Crippen molar-refractivity contribution in [1.82, 2.24) is 0 Å². The lowest BCUT2D eigenvalue weighted by atomic mass is 9.87. The molecule has 0 aliphatic carbocycles. The second kappa shape index (κ2) is 15.5. The Morgan fingerprint density at radius 3 is 1.42 bits per heavy atom. The van der Waals surface area contributed by atoms with E-state index in [9.17, 15) is 0 Å². The highest BCUT2D eigenvalue weighted by Crippen LogP contribution is 2.43. The Morgan fingerprint density at radius 1 is 0.473 bits per heavy atom. The van der Waals surface area contributed by atoms with Gasteiger partial charge in [-0.2, -0.15) is 0 Å². The molecule has 0 fully saturated rings. The average molecular weight is 713 g/mol. The number of unbranched alkanes of at least 4 members (excludes halogenated alkanes) is 1. The monoisotopic (exact) mass is 712 g/mol. The lowest BCUT2D eigenvalue weighted by Crippen LogP contribution is -2.13. The van der Waals surface area contributed by atoms with Crippen LogP contribution in [0.25, 0.3) is 32.7 Å². The quantitative estimate of drug-likeness (QED) is 0.0973.